The molecule has 0 saturated carbocycles. The maximum Gasteiger partial charge on any atom is 0.0123 e. The Morgan fingerprint density at radius 3 is 1.91 bits per heavy atom. The molecule has 0 spiro atoms. The van der Waals surface area contributed by atoms with Gasteiger partial charge in [-0.3, -0.25) is 0 Å². The van der Waals surface area contributed by atoms with Crippen LogP contribution in [0.5, 0.6) is 0 Å². The van der Waals surface area contributed by atoms with Crippen molar-refractivity contribution in [2.24, 2.45) is 17.4 Å². The van der Waals surface area contributed by atoms with Gasteiger partial charge in [-0.15, -0.1) is 0 Å². The molecule has 0 radical (unpaired) electrons. The molecule has 2 nitrogen and oxygen atoms in total. The molecule has 0 aromatic rings. The van der Waals surface area contributed by atoms with Crippen LogP contribution >= 0.6 is 0 Å². The highest BCUT2D eigenvalue weighted by molar-refractivity contribution is 4.79. The Kier molecular flexibility index (Phi) is 4.04. The van der Waals surface area contributed by atoms with Gasteiger partial charge in [-0.2, -0.15) is 0 Å². The molecule has 0 rings (SSSR count). The number of nitrogens with two attached hydrogens (primary N) is 2. The van der Waals surface area contributed by atoms with Crippen LogP contribution in [0.4, 0.5) is 0 Å². The van der Waals surface area contributed by atoms with E-state index >= 15 is 0 Å². The van der Waals surface area contributed by atoms with E-state index in [0.29, 0.717) is 12.0 Å². The lowest BCUT2D eigenvalue weighted by atomic mass is 9.86. The largest absolute Gasteiger partial charge is 0.328 e. The van der Waals surface area contributed by atoms with E-state index in [2.05, 4.69) is 20.8 Å². The van der Waals surface area contributed by atoms with Gasteiger partial charge >= 0.3 is 0 Å². The van der Waals surface area contributed by atoms with Crippen LogP contribution in [-0.4, -0.2) is 11.6 Å². The van der Waals surface area contributed by atoms with E-state index < -0.39 is 0 Å². The topological polar surface area (TPSA) is 52.0 Å². The summed E-state index contributed by atoms with van der Waals surface area (Å²) in [6.07, 6.45) is 2.20. The van der Waals surface area contributed by atoms with Crippen molar-refractivity contribution in [2.45, 2.75) is 52.1 Å². The molecule has 11 heavy (non-hydrogen) atoms. The van der Waals surface area contributed by atoms with Crippen molar-refractivity contribution in [1.82, 2.24) is 0 Å². The predicted molar refractivity (Wildman–Crippen MR) is 50.3 cm³/mol. The van der Waals surface area contributed by atoms with Crippen LogP contribution in [0.2, 0.25) is 0 Å². The summed E-state index contributed by atoms with van der Waals surface area (Å²) in [5.74, 6) is 0.550. The van der Waals surface area contributed by atoms with Gasteiger partial charge < -0.3 is 11.5 Å². The van der Waals surface area contributed by atoms with Gasteiger partial charge in [-0.25, -0.2) is 0 Å². The Balaban J connectivity index is 3.61. The fourth-order valence-corrected chi connectivity index (χ4v) is 0.885. The first kappa shape index (κ1) is 10.9. The normalized spacial score (nSPS) is 18.0. The molecule has 0 aliphatic carbocycles. The number of rotatable bonds is 4. The smallest absolute Gasteiger partial charge is 0.0123 e. The van der Waals surface area contributed by atoms with E-state index in [9.17, 15) is 0 Å². The zero-order chi connectivity index (χ0) is 9.07. The highest BCUT2D eigenvalue weighted by atomic mass is 14.7. The van der Waals surface area contributed by atoms with E-state index in [-0.39, 0.29) is 5.54 Å². The molecule has 0 aliphatic heterocycles. The third-order valence-electron chi connectivity index (χ3n) is 2.33. The minimum atomic E-state index is -0.0606. The molecule has 0 aromatic heterocycles. The minimum absolute atomic E-state index is 0.0606. The molecule has 68 valence electrons. The van der Waals surface area contributed by atoms with Gasteiger partial charge in [-0.05, 0) is 39.5 Å². The Morgan fingerprint density at radius 1 is 1.18 bits per heavy atom. The first-order valence-corrected chi connectivity index (χ1v) is 4.38. The molecular formula is C9H22N2. The second-order valence-corrected chi connectivity index (χ2v) is 4.28. The molecule has 2 unspecified atom stereocenters. The van der Waals surface area contributed by atoms with Crippen molar-refractivity contribution < 1.29 is 0 Å². The molecule has 0 saturated heterocycles. The Labute approximate surface area is 70.3 Å². The lowest BCUT2D eigenvalue weighted by molar-refractivity contribution is 0.314. The monoisotopic (exact) mass is 158 g/mol. The van der Waals surface area contributed by atoms with Crippen LogP contribution in [0, 0.1) is 5.92 Å². The van der Waals surface area contributed by atoms with Gasteiger partial charge in [0, 0.05) is 11.6 Å². The van der Waals surface area contributed by atoms with E-state index in [1.807, 2.05) is 6.92 Å². The fourth-order valence-electron chi connectivity index (χ4n) is 0.885. The standard InChI is InChI=1S/C9H22N2/c1-7(9(3,4)11)5-6-8(2)10/h7-8H,5-6,10-11H2,1-4H3. The quantitative estimate of drug-likeness (QED) is 0.651. The first-order chi connectivity index (χ1) is 4.84. The third-order valence-corrected chi connectivity index (χ3v) is 2.33. The Bertz CT molecular complexity index is 103. The van der Waals surface area contributed by atoms with Crippen LogP contribution in [0.1, 0.15) is 40.5 Å². The van der Waals surface area contributed by atoms with Crippen LogP contribution in [-0.2, 0) is 0 Å². The molecule has 0 bridgehead atoms. The van der Waals surface area contributed by atoms with E-state index in [0.717, 1.165) is 12.8 Å². The van der Waals surface area contributed by atoms with Crippen molar-refractivity contribution in [1.29, 1.82) is 0 Å². The van der Waals surface area contributed by atoms with Crippen molar-refractivity contribution in [2.75, 3.05) is 0 Å². The zero-order valence-electron chi connectivity index (χ0n) is 8.22. The molecule has 0 heterocycles. The predicted octanol–water partition coefficient (Wildman–Crippen LogP) is 1.49. The summed E-state index contributed by atoms with van der Waals surface area (Å²) in [4.78, 5) is 0. The molecule has 0 fully saturated rings. The minimum Gasteiger partial charge on any atom is -0.328 e. The summed E-state index contributed by atoms with van der Waals surface area (Å²) in [5, 5.41) is 0. The lowest BCUT2D eigenvalue weighted by Crippen LogP contribution is -2.39. The zero-order valence-corrected chi connectivity index (χ0v) is 8.22. The molecular weight excluding hydrogens is 136 g/mol. The second-order valence-electron chi connectivity index (χ2n) is 4.28. The van der Waals surface area contributed by atoms with Crippen molar-refractivity contribution in [3.63, 3.8) is 0 Å². The number of hydrogen-bond donors (Lipinski definition) is 2. The summed E-state index contributed by atoms with van der Waals surface area (Å²) in [5.41, 5.74) is 11.5. The van der Waals surface area contributed by atoms with Gasteiger partial charge in [-0.1, -0.05) is 6.92 Å². The van der Waals surface area contributed by atoms with Gasteiger partial charge in [0.25, 0.3) is 0 Å². The first-order valence-electron chi connectivity index (χ1n) is 4.38. The van der Waals surface area contributed by atoms with Gasteiger partial charge in [0.1, 0.15) is 0 Å². The molecule has 4 N–H and O–H groups in total. The van der Waals surface area contributed by atoms with Crippen LogP contribution < -0.4 is 11.5 Å². The summed E-state index contributed by atoms with van der Waals surface area (Å²) >= 11 is 0. The van der Waals surface area contributed by atoms with Crippen LogP contribution in [0.15, 0.2) is 0 Å². The van der Waals surface area contributed by atoms with Gasteiger partial charge in [0.2, 0.25) is 0 Å². The average molecular weight is 158 g/mol. The molecule has 0 aromatic carbocycles. The average Bonchev–Trinajstić information content (AvgIpc) is 1.80. The van der Waals surface area contributed by atoms with Crippen LogP contribution in [0.25, 0.3) is 0 Å². The fraction of sp³-hybridized carbons (Fsp3) is 1.00. The molecule has 0 amide bonds. The maximum absolute atomic E-state index is 5.92. The SMILES string of the molecule is CC(N)CCC(C)C(C)(C)N. The molecule has 2 heteroatoms. The highest BCUT2D eigenvalue weighted by Crippen LogP contribution is 2.18. The summed E-state index contributed by atoms with van der Waals surface area (Å²) in [6, 6.07) is 0.305. The Morgan fingerprint density at radius 2 is 1.64 bits per heavy atom. The summed E-state index contributed by atoms with van der Waals surface area (Å²) in [7, 11) is 0. The van der Waals surface area contributed by atoms with Crippen molar-refractivity contribution in [3.05, 3.63) is 0 Å². The highest BCUT2D eigenvalue weighted by Gasteiger charge is 2.19. The van der Waals surface area contributed by atoms with Crippen molar-refractivity contribution >= 4 is 0 Å². The molecule has 2 atom stereocenters. The molecule has 0 aliphatic rings. The third kappa shape index (κ3) is 5.22. The summed E-state index contributed by atoms with van der Waals surface area (Å²) < 4.78 is 0. The van der Waals surface area contributed by atoms with E-state index in [1.54, 1.807) is 0 Å². The van der Waals surface area contributed by atoms with Gasteiger partial charge in [0.15, 0.2) is 0 Å². The number of hydrogen-bond acceptors (Lipinski definition) is 2. The summed E-state index contributed by atoms with van der Waals surface area (Å²) in [6.45, 7) is 8.36. The Hall–Kier alpha value is -0.0800. The second kappa shape index (κ2) is 4.07. The lowest BCUT2D eigenvalue weighted by Gasteiger charge is -2.27. The van der Waals surface area contributed by atoms with E-state index in [4.69, 9.17) is 11.5 Å². The van der Waals surface area contributed by atoms with Gasteiger partial charge in [0.05, 0.1) is 0 Å². The van der Waals surface area contributed by atoms with Crippen LogP contribution in [0.3, 0.4) is 0 Å². The van der Waals surface area contributed by atoms with Crippen molar-refractivity contribution in [3.8, 4) is 0 Å². The van der Waals surface area contributed by atoms with E-state index in [1.165, 1.54) is 0 Å². The maximum atomic E-state index is 5.92.